The van der Waals surface area contributed by atoms with Crippen molar-refractivity contribution < 1.29 is 27.1 Å². The summed E-state index contributed by atoms with van der Waals surface area (Å²) >= 11 is 17.8. The zero-order valence-electron chi connectivity index (χ0n) is 15.5. The van der Waals surface area contributed by atoms with Crippen LogP contribution in [0.2, 0.25) is 15.1 Å². The number of ether oxygens (including phenoxy) is 1. The van der Waals surface area contributed by atoms with Gasteiger partial charge in [0.1, 0.15) is 23.2 Å². The van der Waals surface area contributed by atoms with Gasteiger partial charge in [-0.2, -0.15) is 18.4 Å². The second-order valence-electron chi connectivity index (χ2n) is 6.70. The molecule has 162 valence electrons. The summed E-state index contributed by atoms with van der Waals surface area (Å²) in [5.74, 6) is -4.02. The third-order valence-corrected chi connectivity index (χ3v) is 6.28. The Hall–Kier alpha value is -2.34. The number of aliphatic imine (C=N–C) groups is 1. The highest BCUT2D eigenvalue weighted by Crippen LogP contribution is 2.55. The van der Waals surface area contributed by atoms with Crippen LogP contribution in [0.1, 0.15) is 22.7 Å². The van der Waals surface area contributed by atoms with E-state index in [1.807, 2.05) is 0 Å². The Balaban J connectivity index is 2.29. The highest BCUT2D eigenvalue weighted by atomic mass is 35.5. The SMILES string of the molecule is COC(=O)C1C(c2ccc(F)c(C#N)c2)N=CC1(c1cc(Cl)c(Cl)c(Cl)c1)C(F)(F)F. The van der Waals surface area contributed by atoms with E-state index in [9.17, 15) is 22.4 Å². The van der Waals surface area contributed by atoms with Crippen LogP contribution in [-0.2, 0) is 14.9 Å². The fraction of sp³-hybridized carbons (Fsp3) is 0.250. The van der Waals surface area contributed by atoms with Crippen LogP contribution < -0.4 is 0 Å². The van der Waals surface area contributed by atoms with Crippen LogP contribution >= 0.6 is 34.8 Å². The minimum atomic E-state index is -5.04. The number of hydrogen-bond donors (Lipinski definition) is 0. The Morgan fingerprint density at radius 3 is 2.32 bits per heavy atom. The summed E-state index contributed by atoms with van der Waals surface area (Å²) in [6.45, 7) is 0. The van der Waals surface area contributed by atoms with Gasteiger partial charge in [0.25, 0.3) is 0 Å². The number of nitrogens with zero attached hydrogens (tertiary/aromatic N) is 2. The number of methoxy groups -OCH3 is 1. The first-order valence-electron chi connectivity index (χ1n) is 8.51. The summed E-state index contributed by atoms with van der Waals surface area (Å²) in [5, 5.41) is 8.42. The van der Waals surface area contributed by atoms with E-state index in [2.05, 4.69) is 9.73 Å². The molecule has 0 bridgehead atoms. The number of hydrogen-bond acceptors (Lipinski definition) is 4. The van der Waals surface area contributed by atoms with Crippen molar-refractivity contribution in [2.45, 2.75) is 17.6 Å². The summed E-state index contributed by atoms with van der Waals surface area (Å²) in [7, 11) is 0.937. The van der Waals surface area contributed by atoms with E-state index in [-0.39, 0.29) is 20.6 Å². The number of carbonyl (C=O) groups excluding carboxylic acids is 1. The largest absolute Gasteiger partial charge is 0.469 e. The van der Waals surface area contributed by atoms with Crippen molar-refractivity contribution in [3.8, 4) is 6.07 Å². The first-order chi connectivity index (χ1) is 14.5. The molecule has 4 nitrogen and oxygen atoms in total. The predicted molar refractivity (Wildman–Crippen MR) is 107 cm³/mol. The zero-order valence-corrected chi connectivity index (χ0v) is 17.7. The maximum absolute atomic E-state index is 14.6. The fourth-order valence-corrected chi connectivity index (χ4v) is 4.20. The molecule has 0 saturated carbocycles. The molecule has 0 aliphatic carbocycles. The molecule has 11 heteroatoms. The van der Waals surface area contributed by atoms with Crippen molar-refractivity contribution in [2.75, 3.05) is 7.11 Å². The van der Waals surface area contributed by atoms with Gasteiger partial charge in [-0.3, -0.25) is 9.79 Å². The molecule has 1 heterocycles. The van der Waals surface area contributed by atoms with Gasteiger partial charge >= 0.3 is 12.1 Å². The van der Waals surface area contributed by atoms with Crippen LogP contribution in [0.15, 0.2) is 35.3 Å². The molecular formula is C20H11Cl3F4N2O2. The summed E-state index contributed by atoms with van der Waals surface area (Å²) in [6.07, 6.45) is -4.45. The van der Waals surface area contributed by atoms with Gasteiger partial charge < -0.3 is 4.74 Å². The first-order valence-corrected chi connectivity index (χ1v) is 9.64. The Morgan fingerprint density at radius 1 is 1.19 bits per heavy atom. The molecule has 0 radical (unpaired) electrons. The van der Waals surface area contributed by atoms with Gasteiger partial charge in [-0.1, -0.05) is 40.9 Å². The highest BCUT2D eigenvalue weighted by Gasteiger charge is 2.67. The summed E-state index contributed by atoms with van der Waals surface area (Å²) < 4.78 is 62.2. The summed E-state index contributed by atoms with van der Waals surface area (Å²) in [5.41, 5.74) is -3.81. The average Bonchev–Trinajstić information content (AvgIpc) is 3.13. The molecule has 31 heavy (non-hydrogen) atoms. The van der Waals surface area contributed by atoms with Crippen LogP contribution in [0.25, 0.3) is 0 Å². The lowest BCUT2D eigenvalue weighted by Gasteiger charge is -2.36. The van der Waals surface area contributed by atoms with Crippen molar-refractivity contribution >= 4 is 47.0 Å². The van der Waals surface area contributed by atoms with Gasteiger partial charge in [-0.15, -0.1) is 0 Å². The lowest BCUT2D eigenvalue weighted by molar-refractivity contribution is -0.191. The Kier molecular flexibility index (Phi) is 6.25. The zero-order chi connectivity index (χ0) is 23.1. The molecule has 0 spiro atoms. The molecular weight excluding hydrogens is 483 g/mol. The van der Waals surface area contributed by atoms with E-state index in [1.165, 1.54) is 0 Å². The summed E-state index contributed by atoms with van der Waals surface area (Å²) in [4.78, 5) is 16.6. The average molecular weight is 494 g/mol. The Labute approximate surface area is 189 Å². The number of nitriles is 1. The van der Waals surface area contributed by atoms with Crippen LogP contribution in [0.3, 0.4) is 0 Å². The number of carbonyl (C=O) groups is 1. The molecule has 3 rings (SSSR count). The van der Waals surface area contributed by atoms with Crippen LogP contribution in [0.4, 0.5) is 17.6 Å². The van der Waals surface area contributed by atoms with Crippen molar-refractivity contribution in [1.82, 2.24) is 0 Å². The van der Waals surface area contributed by atoms with Crippen molar-refractivity contribution in [3.05, 3.63) is 67.9 Å². The predicted octanol–water partition coefficient (Wildman–Crippen LogP) is 6.07. The number of benzene rings is 2. The maximum Gasteiger partial charge on any atom is 0.404 e. The standard InChI is InChI=1S/C20H11Cl3F4N2O2/c1-31-18(30)15-17(9-2-3-14(24)10(4-9)7-28)29-8-19(15,20(25,26)27)11-5-12(21)16(23)13(22)6-11/h2-6,8,15,17H,1H3. The molecule has 0 amide bonds. The molecule has 1 aliphatic rings. The van der Waals surface area contributed by atoms with E-state index in [0.717, 1.165) is 37.4 Å². The molecule has 0 fully saturated rings. The molecule has 0 aromatic heterocycles. The Bertz CT molecular complexity index is 1110. The molecule has 0 saturated heterocycles. The van der Waals surface area contributed by atoms with Gasteiger partial charge in [-0.05, 0) is 35.4 Å². The topological polar surface area (TPSA) is 62.5 Å². The van der Waals surface area contributed by atoms with E-state index >= 15 is 0 Å². The molecule has 2 aromatic rings. The number of rotatable bonds is 3. The van der Waals surface area contributed by atoms with Crippen LogP contribution in [-0.4, -0.2) is 25.5 Å². The minimum Gasteiger partial charge on any atom is -0.469 e. The maximum atomic E-state index is 14.6. The minimum absolute atomic E-state index is 0.0295. The molecule has 3 atom stereocenters. The second-order valence-corrected chi connectivity index (χ2v) is 7.89. The third kappa shape index (κ3) is 3.75. The lowest BCUT2D eigenvalue weighted by Crippen LogP contribution is -2.51. The van der Waals surface area contributed by atoms with Crippen LogP contribution in [0.5, 0.6) is 0 Å². The van der Waals surface area contributed by atoms with Gasteiger partial charge in [0.2, 0.25) is 0 Å². The monoisotopic (exact) mass is 492 g/mol. The van der Waals surface area contributed by atoms with E-state index in [1.54, 1.807) is 6.07 Å². The smallest absolute Gasteiger partial charge is 0.404 e. The van der Waals surface area contributed by atoms with Crippen molar-refractivity contribution in [1.29, 1.82) is 5.26 Å². The quantitative estimate of drug-likeness (QED) is 0.296. The molecule has 2 aromatic carbocycles. The fourth-order valence-electron chi connectivity index (χ4n) is 3.61. The normalized spacial score (nSPS) is 22.9. The molecule has 1 aliphatic heterocycles. The van der Waals surface area contributed by atoms with Gasteiger partial charge in [-0.25, -0.2) is 4.39 Å². The van der Waals surface area contributed by atoms with Crippen LogP contribution in [0, 0.1) is 23.1 Å². The van der Waals surface area contributed by atoms with Gasteiger partial charge in [0.05, 0.1) is 33.8 Å². The van der Waals surface area contributed by atoms with E-state index < -0.39 is 46.5 Å². The first kappa shape index (κ1) is 23.3. The highest BCUT2D eigenvalue weighted by molar-refractivity contribution is 6.48. The number of alkyl halides is 3. The molecule has 0 N–H and O–H groups in total. The summed E-state index contributed by atoms with van der Waals surface area (Å²) in [6, 6.07) is 5.22. The third-order valence-electron chi connectivity index (χ3n) is 5.08. The number of esters is 1. The Morgan fingerprint density at radius 2 is 1.81 bits per heavy atom. The lowest BCUT2D eigenvalue weighted by atomic mass is 9.68. The van der Waals surface area contributed by atoms with Crippen molar-refractivity contribution in [2.24, 2.45) is 10.9 Å². The van der Waals surface area contributed by atoms with Crippen molar-refractivity contribution in [3.63, 3.8) is 0 Å². The molecule has 3 unspecified atom stereocenters. The van der Waals surface area contributed by atoms with Gasteiger partial charge in [0.15, 0.2) is 0 Å². The second kappa shape index (κ2) is 8.30. The number of halogens is 7. The van der Waals surface area contributed by atoms with E-state index in [0.29, 0.717) is 6.21 Å². The van der Waals surface area contributed by atoms with E-state index in [4.69, 9.17) is 40.1 Å². The van der Waals surface area contributed by atoms with Gasteiger partial charge in [0, 0.05) is 6.21 Å².